The van der Waals surface area contributed by atoms with E-state index in [2.05, 4.69) is 6.58 Å². The second-order valence-electron chi connectivity index (χ2n) is 4.02. The summed E-state index contributed by atoms with van der Waals surface area (Å²) >= 11 is 0. The fourth-order valence-corrected chi connectivity index (χ4v) is 1.38. The number of hydrogen-bond donors (Lipinski definition) is 0. The van der Waals surface area contributed by atoms with Crippen molar-refractivity contribution in [2.24, 2.45) is 0 Å². The summed E-state index contributed by atoms with van der Waals surface area (Å²) < 4.78 is 14.5. The Morgan fingerprint density at radius 3 is 2.61 bits per heavy atom. The van der Waals surface area contributed by atoms with Crippen LogP contribution in [0.1, 0.15) is 26.7 Å². The highest BCUT2D eigenvalue weighted by atomic mass is 16.6. The van der Waals surface area contributed by atoms with Crippen LogP contribution in [0.3, 0.4) is 0 Å². The molecule has 0 aliphatic carbocycles. The molecule has 0 saturated carbocycles. The van der Waals surface area contributed by atoms with Gasteiger partial charge in [0.1, 0.15) is 0 Å². The van der Waals surface area contributed by atoms with Crippen LogP contribution < -0.4 is 0 Å². The molecule has 0 aromatic carbocycles. The number of cyclic esters (lactones) is 1. The molecule has 0 aromatic heterocycles. The Kier molecular flexibility index (Phi) is 4.47. The lowest BCUT2D eigenvalue weighted by Crippen LogP contribution is -2.48. The maximum absolute atomic E-state index is 11.9. The summed E-state index contributed by atoms with van der Waals surface area (Å²) in [6, 6.07) is 0. The smallest absolute Gasteiger partial charge is 0.362 e. The Hall–Kier alpha value is -1.85. The van der Waals surface area contributed by atoms with Crippen molar-refractivity contribution in [1.29, 1.82) is 0 Å². The number of ether oxygens (including phenoxy) is 3. The van der Waals surface area contributed by atoms with Gasteiger partial charge in [0.2, 0.25) is 0 Å². The maximum atomic E-state index is 11.9. The van der Waals surface area contributed by atoms with Gasteiger partial charge in [0.25, 0.3) is 0 Å². The number of rotatable bonds is 5. The van der Waals surface area contributed by atoms with Crippen LogP contribution in [0.15, 0.2) is 12.2 Å². The lowest BCUT2D eigenvalue weighted by Gasteiger charge is -2.22. The van der Waals surface area contributed by atoms with Gasteiger partial charge in [-0.2, -0.15) is 0 Å². The average Bonchev–Trinajstić information content (AvgIpc) is 2.68. The molecule has 6 heteroatoms. The van der Waals surface area contributed by atoms with Gasteiger partial charge in [-0.25, -0.2) is 14.4 Å². The van der Waals surface area contributed by atoms with Crippen LogP contribution in [0.5, 0.6) is 0 Å². The molecular formula is C12H16O6. The quantitative estimate of drug-likeness (QED) is 0.312. The molecule has 0 aromatic rings. The standard InChI is InChI=1S/C12H16O6/c1-4-6-16-10(14)12(5-7-17-11(12)15)18-9(13)8(2)3/h2,4-7H2,1,3H3. The second kappa shape index (κ2) is 5.66. The van der Waals surface area contributed by atoms with Crippen molar-refractivity contribution in [3.8, 4) is 0 Å². The van der Waals surface area contributed by atoms with Crippen molar-refractivity contribution in [1.82, 2.24) is 0 Å². The van der Waals surface area contributed by atoms with Crippen molar-refractivity contribution < 1.29 is 28.6 Å². The summed E-state index contributed by atoms with van der Waals surface area (Å²) in [5.74, 6) is -2.60. The Bertz CT molecular complexity index is 386. The predicted molar refractivity (Wildman–Crippen MR) is 60.5 cm³/mol. The molecule has 0 bridgehead atoms. The van der Waals surface area contributed by atoms with Gasteiger partial charge in [-0.1, -0.05) is 13.5 Å². The maximum Gasteiger partial charge on any atom is 0.362 e. The molecule has 1 heterocycles. The van der Waals surface area contributed by atoms with E-state index in [1.54, 1.807) is 0 Å². The SMILES string of the molecule is C=C(C)C(=O)OC1(C(=O)OCCC)CCOC1=O. The molecule has 1 saturated heterocycles. The molecule has 0 spiro atoms. The van der Waals surface area contributed by atoms with Crippen molar-refractivity contribution in [2.75, 3.05) is 13.2 Å². The molecule has 1 aliphatic rings. The van der Waals surface area contributed by atoms with Crippen LogP contribution in [0.2, 0.25) is 0 Å². The van der Waals surface area contributed by atoms with E-state index in [4.69, 9.17) is 14.2 Å². The minimum atomic E-state index is -1.97. The lowest BCUT2D eigenvalue weighted by atomic mass is 10.0. The van der Waals surface area contributed by atoms with Gasteiger partial charge >= 0.3 is 23.5 Å². The number of carbonyl (C=O) groups is 3. The highest BCUT2D eigenvalue weighted by molar-refractivity contribution is 6.07. The number of esters is 3. The van der Waals surface area contributed by atoms with E-state index in [9.17, 15) is 14.4 Å². The molecule has 0 radical (unpaired) electrons. The van der Waals surface area contributed by atoms with E-state index < -0.39 is 23.5 Å². The zero-order valence-corrected chi connectivity index (χ0v) is 10.5. The van der Waals surface area contributed by atoms with Crippen LogP contribution in [-0.2, 0) is 28.6 Å². The van der Waals surface area contributed by atoms with Crippen LogP contribution in [0.4, 0.5) is 0 Å². The van der Waals surface area contributed by atoms with E-state index in [1.807, 2.05) is 6.92 Å². The fraction of sp³-hybridized carbons (Fsp3) is 0.583. The van der Waals surface area contributed by atoms with Crippen LogP contribution >= 0.6 is 0 Å². The number of carbonyl (C=O) groups excluding carboxylic acids is 3. The van der Waals surface area contributed by atoms with Crippen LogP contribution in [0, 0.1) is 0 Å². The first-order valence-electron chi connectivity index (χ1n) is 5.67. The van der Waals surface area contributed by atoms with Crippen molar-refractivity contribution in [3.63, 3.8) is 0 Å². The van der Waals surface area contributed by atoms with Gasteiger partial charge in [0.05, 0.1) is 13.2 Å². The third-order valence-electron chi connectivity index (χ3n) is 2.40. The van der Waals surface area contributed by atoms with E-state index in [0.717, 1.165) is 0 Å². The van der Waals surface area contributed by atoms with Crippen molar-refractivity contribution in [2.45, 2.75) is 32.3 Å². The molecule has 1 atom stereocenters. The van der Waals surface area contributed by atoms with Gasteiger partial charge < -0.3 is 14.2 Å². The Morgan fingerprint density at radius 2 is 2.17 bits per heavy atom. The molecule has 1 fully saturated rings. The number of hydrogen-bond acceptors (Lipinski definition) is 6. The highest BCUT2D eigenvalue weighted by Crippen LogP contribution is 2.27. The Balaban J connectivity index is 2.89. The topological polar surface area (TPSA) is 78.9 Å². The van der Waals surface area contributed by atoms with Gasteiger partial charge in [0, 0.05) is 12.0 Å². The summed E-state index contributed by atoms with van der Waals surface area (Å²) in [6.45, 7) is 6.80. The highest BCUT2D eigenvalue weighted by Gasteiger charge is 2.56. The normalized spacial score (nSPS) is 22.2. The third-order valence-corrected chi connectivity index (χ3v) is 2.40. The van der Waals surface area contributed by atoms with Crippen LogP contribution in [0.25, 0.3) is 0 Å². The Labute approximate surface area is 105 Å². The van der Waals surface area contributed by atoms with Crippen LogP contribution in [-0.4, -0.2) is 36.7 Å². The molecule has 0 N–H and O–H groups in total. The molecular weight excluding hydrogens is 240 g/mol. The minimum absolute atomic E-state index is 0.0174. The van der Waals surface area contributed by atoms with Gasteiger partial charge in [-0.05, 0) is 13.3 Å². The fourth-order valence-electron chi connectivity index (χ4n) is 1.38. The minimum Gasteiger partial charge on any atom is -0.462 e. The summed E-state index contributed by atoms with van der Waals surface area (Å²) in [7, 11) is 0. The average molecular weight is 256 g/mol. The molecule has 18 heavy (non-hydrogen) atoms. The van der Waals surface area contributed by atoms with Gasteiger partial charge in [0.15, 0.2) is 0 Å². The van der Waals surface area contributed by atoms with E-state index in [0.29, 0.717) is 6.42 Å². The van der Waals surface area contributed by atoms with Gasteiger partial charge in [-0.15, -0.1) is 0 Å². The van der Waals surface area contributed by atoms with E-state index in [-0.39, 0.29) is 25.2 Å². The summed E-state index contributed by atoms with van der Waals surface area (Å²) in [5.41, 5.74) is -1.87. The Morgan fingerprint density at radius 1 is 1.50 bits per heavy atom. The second-order valence-corrected chi connectivity index (χ2v) is 4.02. The van der Waals surface area contributed by atoms with Crippen molar-refractivity contribution in [3.05, 3.63) is 12.2 Å². The predicted octanol–water partition coefficient (Wildman–Crippen LogP) is 0.745. The molecule has 0 amide bonds. The summed E-state index contributed by atoms with van der Waals surface area (Å²) in [5, 5.41) is 0. The van der Waals surface area contributed by atoms with Gasteiger partial charge in [-0.3, -0.25) is 0 Å². The molecule has 1 rings (SSSR count). The third kappa shape index (κ3) is 2.69. The lowest BCUT2D eigenvalue weighted by molar-refractivity contribution is -0.186. The molecule has 6 nitrogen and oxygen atoms in total. The largest absolute Gasteiger partial charge is 0.462 e. The summed E-state index contributed by atoms with van der Waals surface area (Å²) in [4.78, 5) is 35.0. The first kappa shape index (κ1) is 14.2. The van der Waals surface area contributed by atoms with E-state index in [1.165, 1.54) is 6.92 Å². The monoisotopic (exact) mass is 256 g/mol. The molecule has 100 valence electrons. The first-order valence-corrected chi connectivity index (χ1v) is 5.67. The zero-order valence-electron chi connectivity index (χ0n) is 10.5. The summed E-state index contributed by atoms with van der Waals surface area (Å²) in [6.07, 6.45) is 0.568. The van der Waals surface area contributed by atoms with E-state index >= 15 is 0 Å². The molecule has 1 aliphatic heterocycles. The van der Waals surface area contributed by atoms with Crippen molar-refractivity contribution >= 4 is 17.9 Å². The first-order chi connectivity index (χ1) is 8.44. The molecule has 1 unspecified atom stereocenters. The zero-order chi connectivity index (χ0) is 13.8.